The number of piperidine rings is 1. The summed E-state index contributed by atoms with van der Waals surface area (Å²) in [6.45, 7) is 4.90. The Morgan fingerprint density at radius 2 is 1.91 bits per heavy atom. The smallest absolute Gasteiger partial charge is 0.224 e. The predicted octanol–water partition coefficient (Wildman–Crippen LogP) is 1.98. The van der Waals surface area contributed by atoms with E-state index in [0.29, 0.717) is 19.1 Å². The average molecular weight is 347 g/mol. The Labute approximate surface area is 145 Å². The first kappa shape index (κ1) is 19.0. The third kappa shape index (κ3) is 5.89. The standard InChI is InChI=1S/C17H30N2O3.ClH/c20-17(11-15-13-21-10-7-18-15)19-8-5-16(6-9-19)22-12-14-3-1-2-4-14;/h14-16,18H,1-13H2;1H. The molecule has 0 aromatic carbocycles. The van der Waals surface area contributed by atoms with Crippen LogP contribution in [0.25, 0.3) is 0 Å². The second kappa shape index (κ2) is 9.82. The predicted molar refractivity (Wildman–Crippen MR) is 92.0 cm³/mol. The Morgan fingerprint density at radius 3 is 2.57 bits per heavy atom. The average Bonchev–Trinajstić information content (AvgIpc) is 3.08. The van der Waals surface area contributed by atoms with E-state index >= 15 is 0 Å². The maximum atomic E-state index is 12.3. The number of morpholine rings is 1. The molecule has 1 atom stereocenters. The minimum atomic E-state index is 0. The summed E-state index contributed by atoms with van der Waals surface area (Å²) < 4.78 is 11.5. The van der Waals surface area contributed by atoms with Gasteiger partial charge in [-0.15, -0.1) is 12.4 Å². The fourth-order valence-corrected chi connectivity index (χ4v) is 3.81. The van der Waals surface area contributed by atoms with E-state index in [1.54, 1.807) is 0 Å². The highest BCUT2D eigenvalue weighted by molar-refractivity contribution is 5.85. The van der Waals surface area contributed by atoms with E-state index in [0.717, 1.165) is 51.6 Å². The number of carbonyl (C=O) groups is 1. The van der Waals surface area contributed by atoms with Crippen molar-refractivity contribution in [1.82, 2.24) is 10.2 Å². The molecule has 1 unspecified atom stereocenters. The lowest BCUT2D eigenvalue weighted by molar-refractivity contribution is -0.135. The summed E-state index contributed by atoms with van der Waals surface area (Å²) in [4.78, 5) is 14.3. The molecule has 5 nitrogen and oxygen atoms in total. The second-order valence-electron chi connectivity index (χ2n) is 6.99. The number of halogens is 1. The van der Waals surface area contributed by atoms with Crippen molar-refractivity contribution >= 4 is 18.3 Å². The third-order valence-electron chi connectivity index (χ3n) is 5.26. The third-order valence-corrected chi connectivity index (χ3v) is 5.26. The maximum Gasteiger partial charge on any atom is 0.224 e. The first-order valence-electron chi connectivity index (χ1n) is 9.02. The summed E-state index contributed by atoms with van der Waals surface area (Å²) in [7, 11) is 0. The molecule has 0 bridgehead atoms. The Hall–Kier alpha value is -0.360. The highest BCUT2D eigenvalue weighted by Gasteiger charge is 2.26. The van der Waals surface area contributed by atoms with Crippen molar-refractivity contribution in [3.05, 3.63) is 0 Å². The van der Waals surface area contributed by atoms with Crippen molar-refractivity contribution in [2.45, 2.75) is 57.1 Å². The van der Waals surface area contributed by atoms with Crippen molar-refractivity contribution in [2.75, 3.05) is 39.5 Å². The highest BCUT2D eigenvalue weighted by atomic mass is 35.5. The van der Waals surface area contributed by atoms with E-state index in [1.807, 2.05) is 4.90 Å². The quantitative estimate of drug-likeness (QED) is 0.827. The van der Waals surface area contributed by atoms with Gasteiger partial charge in [0.1, 0.15) is 0 Å². The summed E-state index contributed by atoms with van der Waals surface area (Å²) in [5.74, 6) is 1.05. The van der Waals surface area contributed by atoms with E-state index in [1.165, 1.54) is 25.7 Å². The molecule has 2 aliphatic heterocycles. The van der Waals surface area contributed by atoms with E-state index in [-0.39, 0.29) is 24.4 Å². The van der Waals surface area contributed by atoms with Gasteiger partial charge in [0, 0.05) is 38.7 Å². The molecule has 3 aliphatic rings. The molecule has 3 rings (SSSR count). The van der Waals surface area contributed by atoms with Gasteiger partial charge in [0.05, 0.1) is 19.3 Å². The van der Waals surface area contributed by atoms with Gasteiger partial charge < -0.3 is 19.7 Å². The normalized spacial score (nSPS) is 27.0. The minimum absolute atomic E-state index is 0. The van der Waals surface area contributed by atoms with Gasteiger partial charge in [-0.3, -0.25) is 4.79 Å². The fraction of sp³-hybridized carbons (Fsp3) is 0.941. The van der Waals surface area contributed by atoms with Crippen molar-refractivity contribution in [1.29, 1.82) is 0 Å². The molecular weight excluding hydrogens is 316 g/mol. The first-order chi connectivity index (χ1) is 10.8. The molecule has 6 heteroatoms. The lowest BCUT2D eigenvalue weighted by atomic mass is 10.1. The van der Waals surface area contributed by atoms with Gasteiger partial charge in [-0.25, -0.2) is 0 Å². The van der Waals surface area contributed by atoms with Crippen LogP contribution in [-0.4, -0.2) is 62.4 Å². The van der Waals surface area contributed by atoms with Gasteiger partial charge in [0.25, 0.3) is 0 Å². The summed E-state index contributed by atoms with van der Waals surface area (Å²) in [5.41, 5.74) is 0. The lowest BCUT2D eigenvalue weighted by Crippen LogP contribution is -2.47. The van der Waals surface area contributed by atoms with Crippen LogP contribution in [0.3, 0.4) is 0 Å². The molecule has 134 valence electrons. The molecule has 0 spiro atoms. The van der Waals surface area contributed by atoms with Gasteiger partial charge in [-0.2, -0.15) is 0 Å². The number of rotatable bonds is 5. The highest BCUT2D eigenvalue weighted by Crippen LogP contribution is 2.26. The molecule has 2 saturated heterocycles. The second-order valence-corrected chi connectivity index (χ2v) is 6.99. The molecule has 1 amide bonds. The molecule has 3 fully saturated rings. The van der Waals surface area contributed by atoms with E-state index in [4.69, 9.17) is 9.47 Å². The van der Waals surface area contributed by atoms with E-state index < -0.39 is 0 Å². The molecule has 23 heavy (non-hydrogen) atoms. The summed E-state index contributed by atoms with van der Waals surface area (Å²) in [5, 5.41) is 3.35. The number of likely N-dealkylation sites (tertiary alicyclic amines) is 1. The number of nitrogens with zero attached hydrogens (tertiary/aromatic N) is 1. The molecule has 0 aromatic rings. The summed E-state index contributed by atoms with van der Waals surface area (Å²) in [6, 6.07) is 0.192. The van der Waals surface area contributed by atoms with Crippen LogP contribution in [-0.2, 0) is 14.3 Å². The molecular formula is C17H31ClN2O3. The van der Waals surface area contributed by atoms with Crippen molar-refractivity contribution in [2.24, 2.45) is 5.92 Å². The van der Waals surface area contributed by atoms with Crippen molar-refractivity contribution in [3.8, 4) is 0 Å². The van der Waals surface area contributed by atoms with E-state index in [2.05, 4.69) is 5.32 Å². The first-order valence-corrected chi connectivity index (χ1v) is 9.02. The van der Waals surface area contributed by atoms with Gasteiger partial charge in [-0.1, -0.05) is 12.8 Å². The van der Waals surface area contributed by atoms with Crippen LogP contribution in [0, 0.1) is 5.92 Å². The number of carbonyl (C=O) groups excluding carboxylic acids is 1. The fourth-order valence-electron chi connectivity index (χ4n) is 3.81. The molecule has 1 aliphatic carbocycles. The zero-order valence-corrected chi connectivity index (χ0v) is 14.8. The van der Waals surface area contributed by atoms with Gasteiger partial charge >= 0.3 is 0 Å². The monoisotopic (exact) mass is 346 g/mol. The Balaban J connectivity index is 0.00000192. The molecule has 1 saturated carbocycles. The Morgan fingerprint density at radius 1 is 1.17 bits per heavy atom. The van der Waals surface area contributed by atoms with Crippen LogP contribution in [0.5, 0.6) is 0 Å². The zero-order valence-electron chi connectivity index (χ0n) is 14.0. The van der Waals surface area contributed by atoms with Crippen molar-refractivity contribution < 1.29 is 14.3 Å². The summed E-state index contributed by atoms with van der Waals surface area (Å²) in [6.07, 6.45) is 8.34. The maximum absolute atomic E-state index is 12.3. The van der Waals surface area contributed by atoms with Crippen LogP contribution in [0.2, 0.25) is 0 Å². The number of hydrogen-bond donors (Lipinski definition) is 1. The van der Waals surface area contributed by atoms with Crippen LogP contribution in [0.4, 0.5) is 0 Å². The van der Waals surface area contributed by atoms with E-state index in [9.17, 15) is 4.79 Å². The van der Waals surface area contributed by atoms with Crippen molar-refractivity contribution in [3.63, 3.8) is 0 Å². The molecule has 0 aromatic heterocycles. The Kier molecular flexibility index (Phi) is 8.10. The summed E-state index contributed by atoms with van der Waals surface area (Å²) >= 11 is 0. The number of ether oxygens (including phenoxy) is 2. The molecule has 2 heterocycles. The number of amides is 1. The number of nitrogens with one attached hydrogen (secondary N) is 1. The van der Waals surface area contributed by atoms with Crippen LogP contribution >= 0.6 is 12.4 Å². The van der Waals surface area contributed by atoms with Gasteiger partial charge in [0.15, 0.2) is 0 Å². The topological polar surface area (TPSA) is 50.8 Å². The number of hydrogen-bond acceptors (Lipinski definition) is 4. The van der Waals surface area contributed by atoms with Crippen LogP contribution in [0.1, 0.15) is 44.9 Å². The zero-order chi connectivity index (χ0) is 15.2. The van der Waals surface area contributed by atoms with Gasteiger partial charge in [-0.05, 0) is 31.6 Å². The largest absolute Gasteiger partial charge is 0.378 e. The molecule has 0 radical (unpaired) electrons. The minimum Gasteiger partial charge on any atom is -0.378 e. The van der Waals surface area contributed by atoms with Gasteiger partial charge in [0.2, 0.25) is 5.91 Å². The molecule has 1 N–H and O–H groups in total. The Bertz CT molecular complexity index is 350. The lowest BCUT2D eigenvalue weighted by Gasteiger charge is -2.34. The van der Waals surface area contributed by atoms with Crippen LogP contribution in [0.15, 0.2) is 0 Å². The van der Waals surface area contributed by atoms with Crippen LogP contribution < -0.4 is 5.32 Å². The SMILES string of the molecule is Cl.O=C(CC1COCCN1)N1CCC(OCC2CCCC2)CC1.